The first-order chi connectivity index (χ1) is 19.4. The van der Waals surface area contributed by atoms with Gasteiger partial charge in [-0.2, -0.15) is 0 Å². The molecule has 0 aliphatic rings. The number of amides is 2. The number of non-ortho nitro benzene ring substituents is 1. The highest BCUT2D eigenvalue weighted by atomic mass is 35.5. The first-order valence-corrected chi connectivity index (χ1v) is 15.3. The van der Waals surface area contributed by atoms with Crippen LogP contribution in [-0.2, 0) is 32.6 Å². The predicted octanol–water partition coefficient (Wildman–Crippen LogP) is 4.83. The fraction of sp³-hybridized carbons (Fsp3) is 0.286. The van der Waals surface area contributed by atoms with E-state index in [0.29, 0.717) is 23.6 Å². The molecule has 1 N–H and O–H groups in total. The average Bonchev–Trinajstić information content (AvgIpc) is 2.94. The Bertz CT molecular complexity index is 1500. The minimum Gasteiger partial charge on any atom is -0.354 e. The van der Waals surface area contributed by atoms with E-state index in [1.807, 2.05) is 37.3 Å². The molecule has 0 aliphatic carbocycles. The molecule has 41 heavy (non-hydrogen) atoms. The Morgan fingerprint density at radius 3 is 2.29 bits per heavy atom. The Kier molecular flexibility index (Phi) is 11.1. The summed E-state index contributed by atoms with van der Waals surface area (Å²) in [5.74, 6) is -1.11. The van der Waals surface area contributed by atoms with Crippen LogP contribution in [0.5, 0.6) is 0 Å². The molecule has 3 aromatic carbocycles. The maximum absolute atomic E-state index is 14.0. The largest absolute Gasteiger partial charge is 0.354 e. The van der Waals surface area contributed by atoms with Gasteiger partial charge in [0.2, 0.25) is 21.8 Å². The van der Waals surface area contributed by atoms with Gasteiger partial charge in [-0.15, -0.1) is 0 Å². The normalized spacial score (nSPS) is 11.9. The zero-order valence-corrected chi connectivity index (χ0v) is 24.8. The van der Waals surface area contributed by atoms with Crippen LogP contribution in [0.1, 0.15) is 24.5 Å². The first kappa shape index (κ1) is 31.9. The lowest BCUT2D eigenvalue weighted by Crippen LogP contribution is -2.53. The smallest absolute Gasteiger partial charge is 0.271 e. The number of nitro groups is 1. The van der Waals surface area contributed by atoms with Crippen LogP contribution < -0.4 is 9.62 Å². The van der Waals surface area contributed by atoms with E-state index in [9.17, 15) is 28.1 Å². The summed E-state index contributed by atoms with van der Waals surface area (Å²) in [5, 5.41) is 14.7. The minimum absolute atomic E-state index is 0.0559. The number of benzene rings is 3. The fourth-order valence-corrected chi connectivity index (χ4v) is 5.29. The number of nitrogens with zero attached hydrogens (tertiary/aromatic N) is 3. The predicted molar refractivity (Wildman–Crippen MR) is 160 cm³/mol. The number of nitro benzene ring substituents is 1. The second kappa shape index (κ2) is 14.3. The van der Waals surface area contributed by atoms with E-state index in [4.69, 9.17) is 23.2 Å². The van der Waals surface area contributed by atoms with Crippen molar-refractivity contribution in [2.24, 2.45) is 0 Å². The van der Waals surface area contributed by atoms with Crippen LogP contribution in [0.2, 0.25) is 10.0 Å². The van der Waals surface area contributed by atoms with E-state index < -0.39 is 39.3 Å². The molecule has 3 aromatic rings. The number of carbonyl (C=O) groups excluding carboxylic acids is 2. The van der Waals surface area contributed by atoms with Gasteiger partial charge in [0.1, 0.15) is 12.6 Å². The second-order valence-electron chi connectivity index (χ2n) is 9.31. The molecule has 0 saturated heterocycles. The Hall–Kier alpha value is -3.67. The summed E-state index contributed by atoms with van der Waals surface area (Å²) in [6.45, 7) is 1.49. The van der Waals surface area contributed by atoms with E-state index >= 15 is 0 Å². The van der Waals surface area contributed by atoms with Crippen LogP contribution in [0, 0.1) is 10.1 Å². The molecule has 0 aliphatic heterocycles. The number of rotatable bonds is 13. The molecule has 0 aromatic heterocycles. The van der Waals surface area contributed by atoms with Crippen LogP contribution >= 0.6 is 23.2 Å². The monoisotopic (exact) mass is 620 g/mol. The molecule has 2 amide bonds. The highest BCUT2D eigenvalue weighted by molar-refractivity contribution is 7.92. The van der Waals surface area contributed by atoms with Crippen LogP contribution in [0.3, 0.4) is 0 Å². The van der Waals surface area contributed by atoms with Gasteiger partial charge >= 0.3 is 0 Å². The summed E-state index contributed by atoms with van der Waals surface area (Å²) in [4.78, 5) is 39.5. The SMILES string of the molecule is CCCNC(=O)[C@@H](Cc1ccccc1)N(Cc1ccc(Cl)c(Cl)c1)C(=O)CN(c1cccc([N+](=O)[O-])c1)S(C)(=O)=O. The van der Waals surface area contributed by atoms with Gasteiger partial charge in [-0.05, 0) is 35.7 Å². The van der Waals surface area contributed by atoms with Gasteiger partial charge in [0.15, 0.2) is 0 Å². The zero-order valence-electron chi connectivity index (χ0n) is 22.5. The molecule has 0 fully saturated rings. The lowest BCUT2D eigenvalue weighted by atomic mass is 10.0. The highest BCUT2D eigenvalue weighted by Crippen LogP contribution is 2.26. The van der Waals surface area contributed by atoms with Crippen LogP contribution in [0.15, 0.2) is 72.8 Å². The minimum atomic E-state index is -4.07. The lowest BCUT2D eigenvalue weighted by molar-refractivity contribution is -0.384. The number of nitrogens with one attached hydrogen (secondary N) is 1. The Morgan fingerprint density at radius 1 is 0.976 bits per heavy atom. The standard InChI is InChI=1S/C28H30Cl2N4O6S/c1-3-14-31-28(36)26(16-20-8-5-4-6-9-20)32(18-21-12-13-24(29)25(30)15-21)27(35)19-33(41(2,39)40)22-10-7-11-23(17-22)34(37)38/h4-13,15,17,26H,3,14,16,18-19H2,1-2H3,(H,31,36)/t26-/m1/s1. The molecular weight excluding hydrogens is 591 g/mol. The van der Waals surface area contributed by atoms with Crippen molar-refractivity contribution < 1.29 is 22.9 Å². The quantitative estimate of drug-likeness (QED) is 0.215. The molecule has 0 heterocycles. The lowest BCUT2D eigenvalue weighted by Gasteiger charge is -2.33. The van der Waals surface area contributed by atoms with Gasteiger partial charge in [0.25, 0.3) is 5.69 Å². The number of halogens is 2. The summed E-state index contributed by atoms with van der Waals surface area (Å²) in [5.41, 5.74) is 0.960. The van der Waals surface area contributed by atoms with Crippen molar-refractivity contribution in [2.45, 2.75) is 32.4 Å². The van der Waals surface area contributed by atoms with Gasteiger partial charge in [-0.1, -0.05) is 72.6 Å². The third kappa shape index (κ3) is 8.91. The van der Waals surface area contributed by atoms with E-state index in [0.717, 1.165) is 22.2 Å². The van der Waals surface area contributed by atoms with E-state index in [1.165, 1.54) is 23.1 Å². The van der Waals surface area contributed by atoms with Crippen LogP contribution in [0.4, 0.5) is 11.4 Å². The number of hydrogen-bond acceptors (Lipinski definition) is 6. The average molecular weight is 622 g/mol. The topological polar surface area (TPSA) is 130 Å². The molecule has 0 spiro atoms. The van der Waals surface area contributed by atoms with Crippen molar-refractivity contribution in [2.75, 3.05) is 23.7 Å². The van der Waals surface area contributed by atoms with Gasteiger partial charge in [-0.3, -0.25) is 24.0 Å². The van der Waals surface area contributed by atoms with Crippen molar-refractivity contribution >= 4 is 56.4 Å². The molecule has 1 atom stereocenters. The summed E-state index contributed by atoms with van der Waals surface area (Å²) in [6.07, 6.45) is 1.72. The number of carbonyl (C=O) groups is 2. The fourth-order valence-electron chi connectivity index (χ4n) is 4.13. The first-order valence-electron chi connectivity index (χ1n) is 12.7. The molecule has 0 saturated carbocycles. The van der Waals surface area contributed by atoms with E-state index in [1.54, 1.807) is 18.2 Å². The van der Waals surface area contributed by atoms with Crippen LogP contribution in [0.25, 0.3) is 0 Å². The molecule has 0 bridgehead atoms. The zero-order chi connectivity index (χ0) is 30.2. The summed E-state index contributed by atoms with van der Waals surface area (Å²) >= 11 is 12.3. The summed E-state index contributed by atoms with van der Waals surface area (Å²) < 4.78 is 26.4. The number of sulfonamides is 1. The van der Waals surface area contributed by atoms with Crippen molar-refractivity contribution in [3.05, 3.63) is 104 Å². The number of hydrogen-bond donors (Lipinski definition) is 1. The van der Waals surface area contributed by atoms with Crippen molar-refractivity contribution in [1.29, 1.82) is 0 Å². The molecule has 13 heteroatoms. The molecule has 218 valence electrons. The van der Waals surface area contributed by atoms with Crippen molar-refractivity contribution in [3.63, 3.8) is 0 Å². The number of anilines is 1. The summed E-state index contributed by atoms with van der Waals surface area (Å²) in [7, 11) is -4.07. The second-order valence-corrected chi connectivity index (χ2v) is 12.0. The van der Waals surface area contributed by atoms with E-state index in [-0.39, 0.29) is 29.4 Å². The van der Waals surface area contributed by atoms with Crippen molar-refractivity contribution in [3.8, 4) is 0 Å². The Labute approximate surface area is 249 Å². The van der Waals surface area contributed by atoms with Gasteiger partial charge in [0, 0.05) is 31.6 Å². The maximum atomic E-state index is 14.0. The van der Waals surface area contributed by atoms with Gasteiger partial charge in [-0.25, -0.2) is 8.42 Å². The van der Waals surface area contributed by atoms with Gasteiger partial charge < -0.3 is 10.2 Å². The van der Waals surface area contributed by atoms with Crippen molar-refractivity contribution in [1.82, 2.24) is 10.2 Å². The van der Waals surface area contributed by atoms with Gasteiger partial charge in [0.05, 0.1) is 26.9 Å². The van der Waals surface area contributed by atoms with E-state index in [2.05, 4.69) is 5.32 Å². The molecule has 10 nitrogen and oxygen atoms in total. The third-order valence-electron chi connectivity index (χ3n) is 6.16. The molecule has 3 rings (SSSR count). The highest BCUT2D eigenvalue weighted by Gasteiger charge is 2.33. The Morgan fingerprint density at radius 2 is 1.68 bits per heavy atom. The Balaban J connectivity index is 2.08. The molecule has 0 unspecified atom stereocenters. The summed E-state index contributed by atoms with van der Waals surface area (Å²) in [6, 6.07) is 17.9. The molecule has 0 radical (unpaired) electrons. The molecular formula is C28H30Cl2N4O6S. The maximum Gasteiger partial charge on any atom is 0.271 e. The third-order valence-corrected chi connectivity index (χ3v) is 8.04. The van der Waals surface area contributed by atoms with Crippen LogP contribution in [-0.4, -0.2) is 55.4 Å².